The maximum Gasteiger partial charge on any atom is 0.310 e. The van der Waals surface area contributed by atoms with E-state index < -0.39 is 0 Å². The maximum atomic E-state index is 13.1. The summed E-state index contributed by atoms with van der Waals surface area (Å²) in [5, 5.41) is 0. The van der Waals surface area contributed by atoms with Gasteiger partial charge >= 0.3 is 5.97 Å². The molecule has 2 amide bonds. The second-order valence-electron chi connectivity index (χ2n) is 8.03. The monoisotopic (exact) mass is 448 g/mol. The Morgan fingerprint density at radius 1 is 1.23 bits per heavy atom. The third kappa shape index (κ3) is 6.46. The number of carbonyl (C=O) groups excluding carboxylic acids is 3. The number of rotatable bonds is 8. The molecule has 3 rings (SSSR count). The van der Waals surface area contributed by atoms with Gasteiger partial charge in [0.05, 0.1) is 30.7 Å². The van der Waals surface area contributed by atoms with Gasteiger partial charge in [0, 0.05) is 37.4 Å². The minimum atomic E-state index is -0.284. The van der Waals surface area contributed by atoms with E-state index >= 15 is 0 Å². The fraction of sp³-hybridized carbons (Fsp3) is 0.609. The van der Waals surface area contributed by atoms with E-state index in [4.69, 9.17) is 9.47 Å². The number of hydrogen-bond donors (Lipinski definition) is 0. The van der Waals surface area contributed by atoms with Crippen molar-refractivity contribution in [1.82, 2.24) is 9.80 Å². The Hall–Kier alpha value is -2.06. The van der Waals surface area contributed by atoms with Gasteiger partial charge < -0.3 is 19.3 Å². The summed E-state index contributed by atoms with van der Waals surface area (Å²) in [6, 6.07) is 7.51. The van der Waals surface area contributed by atoms with Gasteiger partial charge in [-0.05, 0) is 44.7 Å². The van der Waals surface area contributed by atoms with Gasteiger partial charge in [-0.15, -0.1) is 11.8 Å². The molecule has 8 heteroatoms. The van der Waals surface area contributed by atoms with Crippen LogP contribution in [0, 0.1) is 5.92 Å². The molecule has 0 aliphatic carbocycles. The quantitative estimate of drug-likeness (QED) is 0.450. The number of likely N-dealkylation sites (N-methyl/N-ethyl adjacent to an activating group) is 1. The number of piperidine rings is 1. The van der Waals surface area contributed by atoms with Crippen molar-refractivity contribution >= 4 is 29.5 Å². The number of hydrogen-bond acceptors (Lipinski definition) is 6. The van der Waals surface area contributed by atoms with Crippen molar-refractivity contribution < 1.29 is 23.9 Å². The average Bonchev–Trinajstić information content (AvgIpc) is 3.31. The molecule has 1 aromatic rings. The molecule has 1 aromatic carbocycles. The topological polar surface area (TPSA) is 76.2 Å². The van der Waals surface area contributed by atoms with Crippen LogP contribution in [-0.4, -0.2) is 79.3 Å². The van der Waals surface area contributed by atoms with Gasteiger partial charge in [-0.1, -0.05) is 12.1 Å². The lowest BCUT2D eigenvalue weighted by Gasteiger charge is -2.32. The standard InChI is InChI=1S/C23H32N2O5S/c1-3-29-23(28)17-8-6-12-25(14-17)21(26)15-24(2)22(27)19-10-4-5-11-20(19)31-16-18-9-7-13-30-18/h4-5,10-11,17-18H,3,6-9,12-16H2,1-2H3. The summed E-state index contributed by atoms with van der Waals surface area (Å²) in [4.78, 5) is 42.0. The maximum absolute atomic E-state index is 13.1. The normalized spacial score (nSPS) is 21.0. The summed E-state index contributed by atoms with van der Waals surface area (Å²) in [6.45, 7) is 3.87. The van der Waals surface area contributed by atoms with Crippen molar-refractivity contribution in [3.05, 3.63) is 29.8 Å². The van der Waals surface area contributed by atoms with E-state index in [1.54, 1.807) is 36.7 Å². The molecular weight excluding hydrogens is 416 g/mol. The second-order valence-corrected chi connectivity index (χ2v) is 9.10. The van der Waals surface area contributed by atoms with Crippen LogP contribution < -0.4 is 0 Å². The molecule has 2 unspecified atom stereocenters. The number of likely N-dealkylation sites (tertiary alicyclic amines) is 1. The molecule has 2 fully saturated rings. The lowest BCUT2D eigenvalue weighted by atomic mass is 9.98. The zero-order chi connectivity index (χ0) is 22.2. The fourth-order valence-corrected chi connectivity index (χ4v) is 5.08. The molecule has 0 saturated carbocycles. The van der Waals surface area contributed by atoms with Gasteiger partial charge in [0.1, 0.15) is 0 Å². The smallest absolute Gasteiger partial charge is 0.310 e. The van der Waals surface area contributed by atoms with E-state index in [1.165, 1.54) is 4.90 Å². The van der Waals surface area contributed by atoms with Crippen LogP contribution in [0.4, 0.5) is 0 Å². The Bertz CT molecular complexity index is 781. The van der Waals surface area contributed by atoms with Crippen LogP contribution in [0.1, 0.15) is 43.0 Å². The average molecular weight is 449 g/mol. The first-order chi connectivity index (χ1) is 15.0. The Labute approximate surface area is 188 Å². The van der Waals surface area contributed by atoms with Crippen LogP contribution in [0.15, 0.2) is 29.2 Å². The summed E-state index contributed by atoms with van der Waals surface area (Å²) < 4.78 is 10.8. The van der Waals surface area contributed by atoms with Gasteiger partial charge in [0.2, 0.25) is 5.91 Å². The molecular formula is C23H32N2O5S. The van der Waals surface area contributed by atoms with Crippen molar-refractivity contribution in [3.8, 4) is 0 Å². The van der Waals surface area contributed by atoms with Gasteiger partial charge in [0.15, 0.2) is 0 Å². The van der Waals surface area contributed by atoms with Crippen LogP contribution >= 0.6 is 11.8 Å². The zero-order valence-electron chi connectivity index (χ0n) is 18.4. The van der Waals surface area contributed by atoms with Crippen molar-refractivity contribution in [2.24, 2.45) is 5.92 Å². The molecule has 31 heavy (non-hydrogen) atoms. The molecule has 0 N–H and O–H groups in total. The largest absolute Gasteiger partial charge is 0.466 e. The molecule has 0 aromatic heterocycles. The molecule has 0 spiro atoms. The first-order valence-corrected chi connectivity index (χ1v) is 12.0. The van der Waals surface area contributed by atoms with E-state index in [0.717, 1.165) is 42.9 Å². The molecule has 0 bridgehead atoms. The second kappa shape index (κ2) is 11.5. The fourth-order valence-electron chi connectivity index (χ4n) is 3.96. The number of benzene rings is 1. The Morgan fingerprint density at radius 2 is 2.03 bits per heavy atom. The molecule has 2 aliphatic rings. The minimum absolute atomic E-state index is 0.0148. The van der Waals surface area contributed by atoms with E-state index in [9.17, 15) is 14.4 Å². The van der Waals surface area contributed by atoms with Gasteiger partial charge in [-0.25, -0.2) is 0 Å². The number of amides is 2. The molecule has 0 radical (unpaired) electrons. The summed E-state index contributed by atoms with van der Waals surface area (Å²) in [5.74, 6) is -0.0389. The third-order valence-corrected chi connectivity index (χ3v) is 6.88. The summed E-state index contributed by atoms with van der Waals surface area (Å²) in [5.41, 5.74) is 0.601. The van der Waals surface area contributed by atoms with E-state index in [0.29, 0.717) is 25.3 Å². The van der Waals surface area contributed by atoms with Crippen LogP contribution in [0.5, 0.6) is 0 Å². The van der Waals surface area contributed by atoms with E-state index in [2.05, 4.69) is 0 Å². The highest BCUT2D eigenvalue weighted by atomic mass is 32.2. The summed E-state index contributed by atoms with van der Waals surface area (Å²) >= 11 is 1.63. The predicted octanol–water partition coefficient (Wildman–Crippen LogP) is 2.83. The Balaban J connectivity index is 1.57. The molecule has 7 nitrogen and oxygen atoms in total. The highest BCUT2D eigenvalue weighted by Gasteiger charge is 2.30. The van der Waals surface area contributed by atoms with Crippen LogP contribution in [-0.2, 0) is 19.1 Å². The van der Waals surface area contributed by atoms with Crippen LogP contribution in [0.3, 0.4) is 0 Å². The van der Waals surface area contributed by atoms with Gasteiger partial charge in [-0.2, -0.15) is 0 Å². The lowest BCUT2D eigenvalue weighted by Crippen LogP contribution is -2.47. The SMILES string of the molecule is CCOC(=O)C1CCCN(C(=O)CN(C)C(=O)c2ccccc2SCC2CCCO2)C1. The predicted molar refractivity (Wildman–Crippen MR) is 119 cm³/mol. The summed E-state index contributed by atoms with van der Waals surface area (Å²) in [7, 11) is 1.65. The lowest BCUT2D eigenvalue weighted by molar-refractivity contribution is -0.151. The molecule has 2 heterocycles. The highest BCUT2D eigenvalue weighted by molar-refractivity contribution is 7.99. The number of ether oxygens (including phenoxy) is 2. The van der Waals surface area contributed by atoms with Crippen molar-refractivity contribution in [3.63, 3.8) is 0 Å². The minimum Gasteiger partial charge on any atom is -0.466 e. The zero-order valence-corrected chi connectivity index (χ0v) is 19.2. The van der Waals surface area contributed by atoms with Crippen LogP contribution in [0.25, 0.3) is 0 Å². The molecule has 2 aliphatic heterocycles. The first kappa shape index (κ1) is 23.6. The first-order valence-electron chi connectivity index (χ1n) is 11.0. The molecule has 2 saturated heterocycles. The van der Waals surface area contributed by atoms with Crippen molar-refractivity contribution in [2.75, 3.05) is 45.6 Å². The van der Waals surface area contributed by atoms with Crippen molar-refractivity contribution in [1.29, 1.82) is 0 Å². The third-order valence-electron chi connectivity index (χ3n) is 5.68. The van der Waals surface area contributed by atoms with Crippen LogP contribution in [0.2, 0.25) is 0 Å². The van der Waals surface area contributed by atoms with Gasteiger partial charge in [0.25, 0.3) is 5.91 Å². The van der Waals surface area contributed by atoms with Gasteiger partial charge in [-0.3, -0.25) is 14.4 Å². The number of carbonyl (C=O) groups is 3. The van der Waals surface area contributed by atoms with Crippen molar-refractivity contribution in [2.45, 2.75) is 43.6 Å². The molecule has 170 valence electrons. The highest BCUT2D eigenvalue weighted by Crippen LogP contribution is 2.27. The Morgan fingerprint density at radius 3 is 2.77 bits per heavy atom. The summed E-state index contributed by atoms with van der Waals surface area (Å²) in [6.07, 6.45) is 3.87. The number of nitrogens with zero attached hydrogens (tertiary/aromatic N) is 2. The number of esters is 1. The molecule has 2 atom stereocenters. The van der Waals surface area contributed by atoms with E-state index in [-0.39, 0.29) is 36.4 Å². The number of thioether (sulfide) groups is 1. The van der Waals surface area contributed by atoms with E-state index in [1.807, 2.05) is 18.2 Å². The Kier molecular flexibility index (Phi) is 8.78.